The van der Waals surface area contributed by atoms with E-state index in [1.165, 1.54) is 21.7 Å². The number of anilines is 1. The van der Waals surface area contributed by atoms with Gasteiger partial charge in [0, 0.05) is 22.0 Å². The number of thiophene rings is 1. The van der Waals surface area contributed by atoms with E-state index in [0.717, 1.165) is 18.5 Å². The van der Waals surface area contributed by atoms with Crippen molar-refractivity contribution in [2.75, 3.05) is 5.32 Å². The standard InChI is InChI=1S/C22H19N3S2/c26-22(23-16-8-2-1-3-9-16)25-21(19-11-6-14-27-19)18-13-12-15-7-4-5-10-17(15)20(18)24-25/h1-11,14,18,21H,12-13H2,(H,23,26). The minimum atomic E-state index is 0.164. The summed E-state index contributed by atoms with van der Waals surface area (Å²) in [4.78, 5) is 1.32. The molecule has 0 spiro atoms. The molecule has 2 aliphatic rings. The molecule has 2 atom stereocenters. The van der Waals surface area contributed by atoms with E-state index in [9.17, 15) is 0 Å². The van der Waals surface area contributed by atoms with Crippen LogP contribution in [0.3, 0.4) is 0 Å². The van der Waals surface area contributed by atoms with Gasteiger partial charge in [0.2, 0.25) is 0 Å². The first-order valence-corrected chi connectivity index (χ1v) is 10.5. The summed E-state index contributed by atoms with van der Waals surface area (Å²) in [6.07, 6.45) is 2.19. The van der Waals surface area contributed by atoms with Crippen LogP contribution >= 0.6 is 23.6 Å². The number of hydrazone groups is 1. The molecule has 27 heavy (non-hydrogen) atoms. The third-order valence-corrected chi connectivity index (χ3v) is 6.53. The van der Waals surface area contributed by atoms with Crippen LogP contribution in [-0.2, 0) is 6.42 Å². The summed E-state index contributed by atoms with van der Waals surface area (Å²) in [5.41, 5.74) is 4.83. The fourth-order valence-electron chi connectivity index (χ4n) is 4.07. The smallest absolute Gasteiger partial charge is 0.194 e. The lowest BCUT2D eigenvalue weighted by molar-refractivity contribution is 0.316. The first-order valence-electron chi connectivity index (χ1n) is 9.17. The number of para-hydroxylation sites is 1. The third kappa shape index (κ3) is 2.97. The molecule has 0 saturated heterocycles. The Morgan fingerprint density at radius 1 is 1.04 bits per heavy atom. The van der Waals surface area contributed by atoms with Gasteiger partial charge in [0.25, 0.3) is 0 Å². The maximum Gasteiger partial charge on any atom is 0.194 e. The lowest BCUT2D eigenvalue weighted by Gasteiger charge is -2.29. The summed E-state index contributed by atoms with van der Waals surface area (Å²) in [6.45, 7) is 0. The Hall–Kier alpha value is -2.50. The zero-order chi connectivity index (χ0) is 18.2. The lowest BCUT2D eigenvalue weighted by atomic mass is 9.79. The van der Waals surface area contributed by atoms with Crippen molar-refractivity contribution in [1.29, 1.82) is 0 Å². The second-order valence-corrected chi connectivity index (χ2v) is 8.25. The Balaban J connectivity index is 1.54. The van der Waals surface area contributed by atoms with Crippen molar-refractivity contribution >= 4 is 40.1 Å². The molecule has 1 aliphatic carbocycles. The van der Waals surface area contributed by atoms with Crippen LogP contribution in [0, 0.1) is 5.92 Å². The summed E-state index contributed by atoms with van der Waals surface area (Å²) in [6, 6.07) is 23.2. The molecule has 0 radical (unpaired) electrons. The Bertz CT molecular complexity index is 995. The molecule has 0 saturated carbocycles. The summed E-state index contributed by atoms with van der Waals surface area (Å²) in [5.74, 6) is 0.370. The van der Waals surface area contributed by atoms with Gasteiger partial charge in [-0.1, -0.05) is 48.5 Å². The predicted molar refractivity (Wildman–Crippen MR) is 116 cm³/mol. The molecule has 0 fully saturated rings. The monoisotopic (exact) mass is 389 g/mol. The van der Waals surface area contributed by atoms with Crippen molar-refractivity contribution in [1.82, 2.24) is 5.01 Å². The van der Waals surface area contributed by atoms with Crippen molar-refractivity contribution in [2.45, 2.75) is 18.9 Å². The zero-order valence-corrected chi connectivity index (χ0v) is 16.3. The number of benzene rings is 2. The number of fused-ring (bicyclic) bond motifs is 3. The molecule has 2 heterocycles. The van der Waals surface area contributed by atoms with Crippen molar-refractivity contribution in [3.8, 4) is 0 Å². The molecule has 5 rings (SSSR count). The quantitative estimate of drug-likeness (QED) is 0.589. The normalized spacial score (nSPS) is 20.6. The van der Waals surface area contributed by atoms with Crippen molar-refractivity contribution in [2.24, 2.45) is 11.0 Å². The van der Waals surface area contributed by atoms with Gasteiger partial charge in [0.15, 0.2) is 5.11 Å². The average Bonchev–Trinajstić information content (AvgIpc) is 3.36. The van der Waals surface area contributed by atoms with E-state index in [1.807, 2.05) is 35.3 Å². The fourth-order valence-corrected chi connectivity index (χ4v) is 5.22. The molecule has 1 aliphatic heterocycles. The van der Waals surface area contributed by atoms with E-state index in [1.54, 1.807) is 11.3 Å². The van der Waals surface area contributed by atoms with Gasteiger partial charge in [0.1, 0.15) is 0 Å². The summed E-state index contributed by atoms with van der Waals surface area (Å²) >= 11 is 7.56. The topological polar surface area (TPSA) is 27.6 Å². The van der Waals surface area contributed by atoms with Crippen molar-refractivity contribution in [3.63, 3.8) is 0 Å². The number of thiocarbonyl (C=S) groups is 1. The highest BCUT2D eigenvalue weighted by Gasteiger charge is 2.43. The largest absolute Gasteiger partial charge is 0.331 e. The summed E-state index contributed by atoms with van der Waals surface area (Å²) < 4.78 is 0. The second kappa shape index (κ2) is 6.91. The minimum Gasteiger partial charge on any atom is -0.331 e. The van der Waals surface area contributed by atoms with E-state index < -0.39 is 0 Å². The van der Waals surface area contributed by atoms with Crippen LogP contribution in [0.4, 0.5) is 5.69 Å². The van der Waals surface area contributed by atoms with Crippen LogP contribution < -0.4 is 5.32 Å². The van der Waals surface area contributed by atoms with E-state index in [0.29, 0.717) is 11.0 Å². The summed E-state index contributed by atoms with van der Waals surface area (Å²) in [5, 5.41) is 13.2. The van der Waals surface area contributed by atoms with E-state index >= 15 is 0 Å². The van der Waals surface area contributed by atoms with Gasteiger partial charge in [-0.2, -0.15) is 5.10 Å². The first-order chi connectivity index (χ1) is 13.3. The van der Waals surface area contributed by atoms with E-state index in [2.05, 4.69) is 47.1 Å². The van der Waals surface area contributed by atoms with Crippen LogP contribution in [0.2, 0.25) is 0 Å². The Morgan fingerprint density at radius 3 is 2.67 bits per heavy atom. The Labute approximate surface area is 168 Å². The molecule has 3 aromatic rings. The highest BCUT2D eigenvalue weighted by atomic mass is 32.1. The number of hydrogen-bond donors (Lipinski definition) is 1. The Morgan fingerprint density at radius 2 is 1.85 bits per heavy atom. The molecular formula is C22H19N3S2. The van der Waals surface area contributed by atoms with Gasteiger partial charge in [0.05, 0.1) is 11.8 Å². The van der Waals surface area contributed by atoms with Gasteiger partial charge < -0.3 is 5.32 Å². The lowest BCUT2D eigenvalue weighted by Crippen LogP contribution is -2.34. The zero-order valence-electron chi connectivity index (χ0n) is 14.7. The van der Waals surface area contributed by atoms with Gasteiger partial charge in [-0.05, 0) is 54.2 Å². The molecule has 0 bridgehead atoms. The Kier molecular flexibility index (Phi) is 4.26. The van der Waals surface area contributed by atoms with Crippen LogP contribution in [0.25, 0.3) is 0 Å². The minimum absolute atomic E-state index is 0.164. The number of aryl methyl sites for hydroxylation is 1. The SMILES string of the molecule is S=C(Nc1ccccc1)N1N=C2c3ccccc3CCC2C1c1cccs1. The molecule has 134 valence electrons. The van der Waals surface area contributed by atoms with E-state index in [-0.39, 0.29) is 6.04 Å². The van der Waals surface area contributed by atoms with Gasteiger partial charge in [-0.3, -0.25) is 0 Å². The van der Waals surface area contributed by atoms with Crippen LogP contribution in [0.1, 0.15) is 28.5 Å². The molecule has 2 unspecified atom stereocenters. The molecule has 1 aromatic heterocycles. The maximum absolute atomic E-state index is 5.78. The summed E-state index contributed by atoms with van der Waals surface area (Å²) in [7, 11) is 0. The van der Waals surface area contributed by atoms with Crippen LogP contribution in [0.15, 0.2) is 77.2 Å². The number of nitrogens with zero attached hydrogens (tertiary/aromatic N) is 2. The first kappa shape index (κ1) is 16.7. The average molecular weight is 390 g/mol. The second-order valence-electron chi connectivity index (χ2n) is 6.89. The highest BCUT2D eigenvalue weighted by Crippen LogP contribution is 2.44. The van der Waals surface area contributed by atoms with Crippen LogP contribution in [0.5, 0.6) is 0 Å². The predicted octanol–water partition coefficient (Wildman–Crippen LogP) is 5.47. The molecule has 2 aromatic carbocycles. The van der Waals surface area contributed by atoms with Gasteiger partial charge >= 0.3 is 0 Å². The number of hydrogen-bond acceptors (Lipinski definition) is 3. The number of rotatable bonds is 2. The van der Waals surface area contributed by atoms with Crippen molar-refractivity contribution < 1.29 is 0 Å². The third-order valence-electron chi connectivity index (χ3n) is 5.30. The number of nitrogens with one attached hydrogen (secondary N) is 1. The van der Waals surface area contributed by atoms with E-state index in [4.69, 9.17) is 17.3 Å². The van der Waals surface area contributed by atoms with Crippen molar-refractivity contribution in [3.05, 3.63) is 88.1 Å². The maximum atomic E-state index is 5.78. The molecule has 0 amide bonds. The highest BCUT2D eigenvalue weighted by molar-refractivity contribution is 7.80. The molecular weight excluding hydrogens is 370 g/mol. The van der Waals surface area contributed by atoms with Crippen LogP contribution in [-0.4, -0.2) is 15.8 Å². The van der Waals surface area contributed by atoms with Gasteiger partial charge in [-0.15, -0.1) is 11.3 Å². The molecule has 1 N–H and O–H groups in total. The van der Waals surface area contributed by atoms with Gasteiger partial charge in [-0.25, -0.2) is 5.01 Å². The molecule has 3 nitrogen and oxygen atoms in total. The fraction of sp³-hybridized carbons (Fsp3) is 0.182. The molecule has 5 heteroatoms.